The molecule has 1 saturated carbocycles. The Bertz CT molecular complexity index is 715. The lowest BCUT2D eigenvalue weighted by molar-refractivity contribution is -0.142. The summed E-state index contributed by atoms with van der Waals surface area (Å²) in [6.07, 6.45) is 5.43. The van der Waals surface area contributed by atoms with Gasteiger partial charge >= 0.3 is 5.97 Å². The van der Waals surface area contributed by atoms with Gasteiger partial charge in [0.15, 0.2) is 11.5 Å². The first-order valence-corrected chi connectivity index (χ1v) is 9.90. The Morgan fingerprint density at radius 2 is 1.79 bits per heavy atom. The minimum Gasteiger partial charge on any atom is -0.493 e. The van der Waals surface area contributed by atoms with Crippen molar-refractivity contribution in [2.75, 3.05) is 34.4 Å². The van der Waals surface area contributed by atoms with Crippen LogP contribution in [-0.4, -0.2) is 57.2 Å². The maximum Gasteiger partial charge on any atom is 0.307 e. The molecule has 1 heterocycles. The van der Waals surface area contributed by atoms with E-state index >= 15 is 0 Å². The van der Waals surface area contributed by atoms with Crippen LogP contribution >= 0.6 is 0 Å². The first kappa shape index (κ1) is 20.5. The lowest BCUT2D eigenvalue weighted by Gasteiger charge is -2.37. The highest BCUT2D eigenvalue weighted by Gasteiger charge is 2.32. The molecule has 0 saturated heterocycles. The van der Waals surface area contributed by atoms with Crippen LogP contribution in [0.25, 0.3) is 0 Å². The fourth-order valence-electron chi connectivity index (χ4n) is 4.28. The smallest absolute Gasteiger partial charge is 0.307 e. The zero-order valence-electron chi connectivity index (χ0n) is 17.0. The van der Waals surface area contributed by atoms with Crippen LogP contribution in [0.15, 0.2) is 12.1 Å². The summed E-state index contributed by atoms with van der Waals surface area (Å²) < 4.78 is 15.8. The summed E-state index contributed by atoms with van der Waals surface area (Å²) in [5.74, 6) is 1.01. The summed E-state index contributed by atoms with van der Waals surface area (Å²) in [7, 11) is 4.59. The molecule has 0 aromatic heterocycles. The van der Waals surface area contributed by atoms with Crippen LogP contribution in [-0.2, 0) is 20.7 Å². The van der Waals surface area contributed by atoms with Crippen molar-refractivity contribution in [2.24, 2.45) is 0 Å². The molecule has 1 aliphatic carbocycles. The molecule has 3 rings (SSSR count). The molecule has 1 aromatic carbocycles. The predicted molar refractivity (Wildman–Crippen MR) is 105 cm³/mol. The Morgan fingerprint density at radius 1 is 1.11 bits per heavy atom. The number of rotatable bonds is 7. The number of methoxy groups -OCH3 is 3. The molecular weight excluding hydrogens is 360 g/mol. The molecule has 0 spiro atoms. The molecule has 7 heteroatoms. The van der Waals surface area contributed by atoms with Gasteiger partial charge in [0.2, 0.25) is 5.91 Å². The Morgan fingerprint density at radius 3 is 2.43 bits per heavy atom. The van der Waals surface area contributed by atoms with Gasteiger partial charge in [-0.3, -0.25) is 14.5 Å². The number of carbonyl (C=O) groups excluding carboxylic acids is 2. The van der Waals surface area contributed by atoms with Gasteiger partial charge in [-0.05, 0) is 42.5 Å². The van der Waals surface area contributed by atoms with Crippen molar-refractivity contribution in [1.82, 2.24) is 10.2 Å². The minimum absolute atomic E-state index is 0.0192. The SMILES string of the molecule is COC(=O)C[C@@H]1c2cc(OC)c(OC)cc2CCN1CC(=O)NC1CCCC1. The molecule has 28 heavy (non-hydrogen) atoms. The summed E-state index contributed by atoms with van der Waals surface area (Å²) in [5, 5.41) is 3.14. The topological polar surface area (TPSA) is 77.1 Å². The zero-order chi connectivity index (χ0) is 20.1. The van der Waals surface area contributed by atoms with Crippen molar-refractivity contribution >= 4 is 11.9 Å². The van der Waals surface area contributed by atoms with Crippen molar-refractivity contribution < 1.29 is 23.8 Å². The minimum atomic E-state index is -0.297. The number of nitrogens with one attached hydrogen (secondary N) is 1. The van der Waals surface area contributed by atoms with E-state index in [1.54, 1.807) is 14.2 Å². The van der Waals surface area contributed by atoms with Crippen LogP contribution in [0.3, 0.4) is 0 Å². The fourth-order valence-corrected chi connectivity index (χ4v) is 4.28. The van der Waals surface area contributed by atoms with E-state index in [-0.39, 0.29) is 36.9 Å². The lowest BCUT2D eigenvalue weighted by atomic mass is 9.90. The van der Waals surface area contributed by atoms with Crippen molar-refractivity contribution in [3.63, 3.8) is 0 Å². The normalized spacial score (nSPS) is 19.8. The first-order valence-electron chi connectivity index (χ1n) is 9.90. The largest absolute Gasteiger partial charge is 0.493 e. The Hall–Kier alpha value is -2.28. The van der Waals surface area contributed by atoms with E-state index < -0.39 is 0 Å². The Labute approximate surface area is 166 Å². The molecule has 0 bridgehead atoms. The molecule has 1 atom stereocenters. The number of benzene rings is 1. The van der Waals surface area contributed by atoms with Crippen molar-refractivity contribution in [1.29, 1.82) is 0 Å². The quantitative estimate of drug-likeness (QED) is 0.720. The number of hydrogen-bond donors (Lipinski definition) is 1. The third-order valence-electron chi connectivity index (χ3n) is 5.77. The molecule has 2 aliphatic rings. The average molecular weight is 390 g/mol. The van der Waals surface area contributed by atoms with Gasteiger partial charge in [0.25, 0.3) is 0 Å². The molecular formula is C21H30N2O5. The van der Waals surface area contributed by atoms with Crippen molar-refractivity contribution in [3.8, 4) is 11.5 Å². The van der Waals surface area contributed by atoms with E-state index in [1.165, 1.54) is 20.0 Å². The second kappa shape index (κ2) is 9.28. The van der Waals surface area contributed by atoms with Crippen LogP contribution in [0.4, 0.5) is 0 Å². The van der Waals surface area contributed by atoms with Gasteiger partial charge in [0.1, 0.15) is 0 Å². The first-order chi connectivity index (χ1) is 13.5. The second-order valence-corrected chi connectivity index (χ2v) is 7.47. The standard InChI is InChI=1S/C21H30N2O5/c1-26-18-10-14-8-9-23(13-20(24)22-15-6-4-5-7-15)17(12-21(25)28-3)16(14)11-19(18)27-2/h10-11,15,17H,4-9,12-13H2,1-3H3,(H,22,24)/t17-/m1/s1. The van der Waals surface area contributed by atoms with Crippen molar-refractivity contribution in [2.45, 2.75) is 50.6 Å². The number of fused-ring (bicyclic) bond motifs is 1. The molecule has 0 radical (unpaired) electrons. The van der Waals surface area contributed by atoms with E-state index in [1.807, 2.05) is 12.1 Å². The summed E-state index contributed by atoms with van der Waals surface area (Å²) in [6.45, 7) is 0.966. The highest BCUT2D eigenvalue weighted by atomic mass is 16.5. The molecule has 154 valence electrons. The van der Waals surface area contributed by atoms with Crippen molar-refractivity contribution in [3.05, 3.63) is 23.3 Å². The van der Waals surface area contributed by atoms with Gasteiger partial charge in [-0.25, -0.2) is 0 Å². The molecule has 1 aromatic rings. The summed E-state index contributed by atoms with van der Waals surface area (Å²) in [6, 6.07) is 3.94. The van der Waals surface area contributed by atoms with E-state index in [0.29, 0.717) is 18.0 Å². The summed E-state index contributed by atoms with van der Waals surface area (Å²) in [4.78, 5) is 26.7. The monoisotopic (exact) mass is 390 g/mol. The van der Waals surface area contributed by atoms with E-state index in [2.05, 4.69) is 10.2 Å². The van der Waals surface area contributed by atoms with Crippen LogP contribution < -0.4 is 14.8 Å². The molecule has 1 amide bonds. The summed E-state index contributed by atoms with van der Waals surface area (Å²) in [5.41, 5.74) is 2.10. The third-order valence-corrected chi connectivity index (χ3v) is 5.77. The van der Waals surface area contributed by atoms with Crippen LogP contribution in [0.2, 0.25) is 0 Å². The zero-order valence-corrected chi connectivity index (χ0v) is 17.0. The highest BCUT2D eigenvalue weighted by molar-refractivity contribution is 5.79. The third kappa shape index (κ3) is 4.58. The number of amides is 1. The van der Waals surface area contributed by atoms with Crippen LogP contribution in [0.1, 0.15) is 49.3 Å². The molecule has 1 aliphatic heterocycles. The van der Waals surface area contributed by atoms with Crippen LogP contribution in [0, 0.1) is 0 Å². The maximum absolute atomic E-state index is 12.6. The summed E-state index contributed by atoms with van der Waals surface area (Å²) >= 11 is 0. The van der Waals surface area contributed by atoms with Gasteiger partial charge in [-0.15, -0.1) is 0 Å². The Kier molecular flexibility index (Phi) is 6.78. The Balaban J connectivity index is 1.82. The van der Waals surface area contributed by atoms with E-state index in [9.17, 15) is 9.59 Å². The van der Waals surface area contributed by atoms with Gasteiger partial charge in [0.05, 0.1) is 34.3 Å². The van der Waals surface area contributed by atoms with Crippen LogP contribution in [0.5, 0.6) is 11.5 Å². The molecule has 1 N–H and O–H groups in total. The second-order valence-electron chi connectivity index (χ2n) is 7.47. The number of hydrogen-bond acceptors (Lipinski definition) is 6. The highest BCUT2D eigenvalue weighted by Crippen LogP contribution is 2.39. The van der Waals surface area contributed by atoms with Gasteiger partial charge in [0, 0.05) is 18.6 Å². The number of nitrogens with zero attached hydrogens (tertiary/aromatic N) is 1. The molecule has 0 unspecified atom stereocenters. The van der Waals surface area contributed by atoms with Gasteiger partial charge in [-0.2, -0.15) is 0 Å². The van der Waals surface area contributed by atoms with Gasteiger partial charge in [-0.1, -0.05) is 12.8 Å². The van der Waals surface area contributed by atoms with Gasteiger partial charge < -0.3 is 19.5 Å². The molecule has 7 nitrogen and oxygen atoms in total. The molecule has 1 fully saturated rings. The number of ether oxygens (including phenoxy) is 3. The fraction of sp³-hybridized carbons (Fsp3) is 0.619. The predicted octanol–water partition coefficient (Wildman–Crippen LogP) is 2.22. The van der Waals surface area contributed by atoms with E-state index in [4.69, 9.17) is 14.2 Å². The lowest BCUT2D eigenvalue weighted by Crippen LogP contribution is -2.45. The maximum atomic E-state index is 12.6. The number of esters is 1. The van der Waals surface area contributed by atoms with E-state index in [0.717, 1.165) is 30.4 Å². The number of carbonyl (C=O) groups is 2. The average Bonchev–Trinajstić information content (AvgIpc) is 3.21.